The van der Waals surface area contributed by atoms with E-state index in [0.717, 1.165) is 18.4 Å². The van der Waals surface area contributed by atoms with Crippen LogP contribution in [0.5, 0.6) is 5.75 Å². The van der Waals surface area contributed by atoms with Gasteiger partial charge in [-0.15, -0.1) is 0 Å². The van der Waals surface area contributed by atoms with Gasteiger partial charge >= 0.3 is 5.97 Å². The summed E-state index contributed by atoms with van der Waals surface area (Å²) in [6, 6.07) is 4.93. The van der Waals surface area contributed by atoms with Crippen molar-refractivity contribution >= 4 is 11.9 Å². The Morgan fingerprint density at radius 1 is 1.40 bits per heavy atom. The molecule has 1 heterocycles. The lowest BCUT2D eigenvalue weighted by molar-refractivity contribution is -0.138. The van der Waals surface area contributed by atoms with Crippen LogP contribution in [0.15, 0.2) is 18.2 Å². The fourth-order valence-corrected chi connectivity index (χ4v) is 2.65. The van der Waals surface area contributed by atoms with Crippen LogP contribution in [0.25, 0.3) is 0 Å². The average Bonchev–Trinajstić information content (AvgIpc) is 2.40. The van der Waals surface area contributed by atoms with Gasteiger partial charge in [0.15, 0.2) is 0 Å². The first-order valence-corrected chi connectivity index (χ1v) is 6.78. The number of carbonyl (C=O) groups excluding carboxylic acids is 1. The van der Waals surface area contributed by atoms with Crippen molar-refractivity contribution < 1.29 is 19.8 Å². The number of aliphatic carboxylic acids is 1. The highest BCUT2D eigenvalue weighted by Gasteiger charge is 2.27. The van der Waals surface area contributed by atoms with E-state index >= 15 is 0 Å². The van der Waals surface area contributed by atoms with E-state index in [0.29, 0.717) is 18.7 Å². The Hall–Kier alpha value is -2.04. The number of hydrogen-bond acceptors (Lipinski definition) is 3. The average molecular weight is 277 g/mol. The molecule has 1 amide bonds. The summed E-state index contributed by atoms with van der Waals surface area (Å²) in [4.78, 5) is 24.8. The Kier molecular flexibility index (Phi) is 4.27. The number of aryl methyl sites for hydroxylation is 1. The number of benzene rings is 1. The Labute approximate surface area is 117 Å². The van der Waals surface area contributed by atoms with E-state index in [1.165, 1.54) is 6.07 Å². The largest absolute Gasteiger partial charge is 0.507 e. The van der Waals surface area contributed by atoms with E-state index in [2.05, 4.69) is 0 Å². The van der Waals surface area contributed by atoms with Gasteiger partial charge in [-0.2, -0.15) is 0 Å². The van der Waals surface area contributed by atoms with Crippen LogP contribution in [0.2, 0.25) is 0 Å². The van der Waals surface area contributed by atoms with Crippen molar-refractivity contribution in [2.24, 2.45) is 5.92 Å². The molecule has 5 nitrogen and oxygen atoms in total. The molecule has 1 atom stereocenters. The molecule has 2 N–H and O–H groups in total. The Morgan fingerprint density at radius 3 is 2.85 bits per heavy atom. The number of phenolic OH excluding ortho intramolecular Hbond substituents is 1. The molecule has 0 bridgehead atoms. The number of aromatic hydroxyl groups is 1. The van der Waals surface area contributed by atoms with Gasteiger partial charge in [-0.25, -0.2) is 0 Å². The Morgan fingerprint density at radius 2 is 2.15 bits per heavy atom. The topological polar surface area (TPSA) is 77.8 Å². The van der Waals surface area contributed by atoms with Gasteiger partial charge in [0.05, 0.1) is 5.56 Å². The molecular formula is C15H19NO4. The molecule has 1 aromatic carbocycles. The van der Waals surface area contributed by atoms with Crippen LogP contribution < -0.4 is 0 Å². The van der Waals surface area contributed by atoms with E-state index in [1.807, 2.05) is 6.92 Å². The summed E-state index contributed by atoms with van der Waals surface area (Å²) in [5.41, 5.74) is 1.20. The molecule has 1 saturated heterocycles. The smallest absolute Gasteiger partial charge is 0.303 e. The summed E-state index contributed by atoms with van der Waals surface area (Å²) in [6.07, 6.45) is 1.72. The highest BCUT2D eigenvalue weighted by atomic mass is 16.4. The molecule has 1 unspecified atom stereocenters. The monoisotopic (exact) mass is 277 g/mol. The SMILES string of the molecule is Cc1ccc(O)c(C(=O)N2CCCC(CC(=O)O)C2)c1. The minimum Gasteiger partial charge on any atom is -0.507 e. The van der Waals surface area contributed by atoms with Crippen LogP contribution >= 0.6 is 0 Å². The van der Waals surface area contributed by atoms with E-state index in [9.17, 15) is 14.7 Å². The molecule has 1 fully saturated rings. The van der Waals surface area contributed by atoms with E-state index in [1.54, 1.807) is 17.0 Å². The van der Waals surface area contributed by atoms with Crippen molar-refractivity contribution in [3.63, 3.8) is 0 Å². The molecule has 0 saturated carbocycles. The molecule has 20 heavy (non-hydrogen) atoms. The summed E-state index contributed by atoms with van der Waals surface area (Å²) in [7, 11) is 0. The summed E-state index contributed by atoms with van der Waals surface area (Å²) in [5, 5.41) is 18.7. The molecule has 1 aromatic rings. The number of piperidine rings is 1. The van der Waals surface area contributed by atoms with Gasteiger partial charge in [-0.3, -0.25) is 9.59 Å². The standard InChI is InChI=1S/C15H19NO4/c1-10-4-5-13(17)12(7-10)15(20)16-6-2-3-11(9-16)8-14(18)19/h4-5,7,11,17H,2-3,6,8-9H2,1H3,(H,18,19). The maximum atomic E-state index is 12.4. The van der Waals surface area contributed by atoms with Crippen LogP contribution in [0.3, 0.4) is 0 Å². The van der Waals surface area contributed by atoms with Crippen molar-refractivity contribution in [1.82, 2.24) is 4.90 Å². The van der Waals surface area contributed by atoms with Gasteiger partial charge in [0.1, 0.15) is 5.75 Å². The minimum absolute atomic E-state index is 0.00264. The summed E-state index contributed by atoms with van der Waals surface area (Å²) in [6.45, 7) is 2.92. The van der Waals surface area contributed by atoms with Gasteiger partial charge in [-0.05, 0) is 37.8 Å². The number of nitrogens with zero attached hydrogens (tertiary/aromatic N) is 1. The molecule has 0 aromatic heterocycles. The summed E-state index contributed by atoms with van der Waals surface area (Å²) >= 11 is 0. The quantitative estimate of drug-likeness (QED) is 0.886. The normalized spacial score (nSPS) is 18.9. The molecule has 0 spiro atoms. The zero-order chi connectivity index (χ0) is 14.7. The van der Waals surface area contributed by atoms with Crippen LogP contribution in [-0.4, -0.2) is 40.1 Å². The van der Waals surface area contributed by atoms with Gasteiger partial charge in [-0.1, -0.05) is 11.6 Å². The highest BCUT2D eigenvalue weighted by molar-refractivity contribution is 5.97. The molecule has 2 rings (SSSR count). The van der Waals surface area contributed by atoms with Crippen LogP contribution in [0.4, 0.5) is 0 Å². The number of rotatable bonds is 3. The number of likely N-dealkylation sites (tertiary alicyclic amines) is 1. The molecule has 0 radical (unpaired) electrons. The number of amides is 1. The molecular weight excluding hydrogens is 258 g/mol. The minimum atomic E-state index is -0.831. The Balaban J connectivity index is 2.12. The summed E-state index contributed by atoms with van der Waals surface area (Å²) < 4.78 is 0. The zero-order valence-electron chi connectivity index (χ0n) is 11.5. The summed E-state index contributed by atoms with van der Waals surface area (Å²) in [5.74, 6) is -1.08. The molecule has 1 aliphatic rings. The number of carboxylic acids is 1. The lowest BCUT2D eigenvalue weighted by Gasteiger charge is -2.32. The first-order chi connectivity index (χ1) is 9.47. The van der Waals surface area contributed by atoms with Crippen molar-refractivity contribution in [1.29, 1.82) is 0 Å². The molecule has 0 aliphatic carbocycles. The van der Waals surface area contributed by atoms with E-state index in [4.69, 9.17) is 5.11 Å². The number of carbonyl (C=O) groups is 2. The number of carboxylic acid groups (broad SMARTS) is 1. The van der Waals surface area contributed by atoms with E-state index in [-0.39, 0.29) is 24.0 Å². The second-order valence-electron chi connectivity index (χ2n) is 5.38. The second kappa shape index (κ2) is 5.94. The maximum Gasteiger partial charge on any atom is 0.303 e. The lowest BCUT2D eigenvalue weighted by atomic mass is 9.94. The predicted molar refractivity (Wildman–Crippen MR) is 73.7 cm³/mol. The van der Waals surface area contributed by atoms with Gasteiger partial charge in [0.2, 0.25) is 0 Å². The number of phenols is 1. The van der Waals surface area contributed by atoms with Crippen LogP contribution in [0, 0.1) is 12.8 Å². The Bertz CT molecular complexity index is 527. The van der Waals surface area contributed by atoms with Crippen LogP contribution in [-0.2, 0) is 4.79 Å². The van der Waals surface area contributed by atoms with Gasteiger partial charge in [0.25, 0.3) is 5.91 Å². The number of hydrogen-bond donors (Lipinski definition) is 2. The first kappa shape index (κ1) is 14.4. The van der Waals surface area contributed by atoms with Crippen LogP contribution in [0.1, 0.15) is 35.2 Å². The third-order valence-corrected chi connectivity index (χ3v) is 3.65. The van der Waals surface area contributed by atoms with E-state index < -0.39 is 5.97 Å². The molecule has 1 aliphatic heterocycles. The second-order valence-corrected chi connectivity index (χ2v) is 5.38. The third kappa shape index (κ3) is 3.29. The fraction of sp³-hybridized carbons (Fsp3) is 0.467. The molecule has 5 heteroatoms. The fourth-order valence-electron chi connectivity index (χ4n) is 2.65. The van der Waals surface area contributed by atoms with Crippen molar-refractivity contribution in [2.75, 3.05) is 13.1 Å². The van der Waals surface area contributed by atoms with Gasteiger partial charge < -0.3 is 15.1 Å². The van der Waals surface area contributed by atoms with Crippen molar-refractivity contribution in [3.8, 4) is 5.75 Å². The third-order valence-electron chi connectivity index (χ3n) is 3.65. The zero-order valence-corrected chi connectivity index (χ0v) is 11.5. The lowest BCUT2D eigenvalue weighted by Crippen LogP contribution is -2.40. The van der Waals surface area contributed by atoms with Crippen molar-refractivity contribution in [2.45, 2.75) is 26.2 Å². The van der Waals surface area contributed by atoms with Gasteiger partial charge in [0, 0.05) is 19.5 Å². The van der Waals surface area contributed by atoms with Crippen molar-refractivity contribution in [3.05, 3.63) is 29.3 Å². The maximum absolute atomic E-state index is 12.4. The highest BCUT2D eigenvalue weighted by Crippen LogP contribution is 2.25. The molecule has 108 valence electrons. The predicted octanol–water partition coefficient (Wildman–Crippen LogP) is 2.03. The first-order valence-electron chi connectivity index (χ1n) is 6.78.